The number of aliphatic hydroxyl groups excluding tert-OH is 1. The first-order valence-corrected chi connectivity index (χ1v) is 7.05. The molecule has 0 aliphatic carbocycles. The lowest BCUT2D eigenvalue weighted by Crippen LogP contribution is -2.25. The Labute approximate surface area is 124 Å². The zero-order valence-electron chi connectivity index (χ0n) is 12.9. The number of rotatable bonds is 8. The van der Waals surface area contributed by atoms with Crippen LogP contribution in [0.15, 0.2) is 0 Å². The second kappa shape index (κ2) is 7.72. The van der Waals surface area contributed by atoms with Gasteiger partial charge in [0.15, 0.2) is 0 Å². The van der Waals surface area contributed by atoms with Crippen molar-refractivity contribution in [2.24, 2.45) is 5.92 Å². The Morgan fingerprint density at radius 1 is 1.33 bits per heavy atom. The molecular formula is C13H23N5O3. The van der Waals surface area contributed by atoms with Gasteiger partial charge in [0.2, 0.25) is 11.8 Å². The van der Waals surface area contributed by atoms with Crippen molar-refractivity contribution in [3.63, 3.8) is 0 Å². The third kappa shape index (κ3) is 4.82. The number of aryl methyl sites for hydroxylation is 1. The maximum atomic E-state index is 11.1. The highest BCUT2D eigenvalue weighted by Crippen LogP contribution is 2.26. The average molecular weight is 297 g/mol. The topological polar surface area (TPSA) is 113 Å². The lowest BCUT2D eigenvalue weighted by Gasteiger charge is -2.16. The standard InChI is InChI=1S/C13H23N5O3/c1-5-6-14-13-16-9(4)11(18(20)21)12(17-13)15-7-10(19)8(2)3/h8,10,19H,5-7H2,1-4H3,(H2,14,15,16,17). The summed E-state index contributed by atoms with van der Waals surface area (Å²) in [6.45, 7) is 8.21. The van der Waals surface area contributed by atoms with Gasteiger partial charge in [0, 0.05) is 13.1 Å². The highest BCUT2D eigenvalue weighted by atomic mass is 16.6. The van der Waals surface area contributed by atoms with Gasteiger partial charge in [0.05, 0.1) is 11.0 Å². The van der Waals surface area contributed by atoms with Crippen LogP contribution in [0.1, 0.15) is 32.9 Å². The molecule has 0 fully saturated rings. The van der Waals surface area contributed by atoms with Crippen molar-refractivity contribution in [1.29, 1.82) is 0 Å². The molecule has 0 spiro atoms. The molecule has 0 saturated heterocycles. The van der Waals surface area contributed by atoms with E-state index in [9.17, 15) is 15.2 Å². The summed E-state index contributed by atoms with van der Waals surface area (Å²) in [6, 6.07) is 0. The van der Waals surface area contributed by atoms with Gasteiger partial charge in [-0.1, -0.05) is 20.8 Å². The van der Waals surface area contributed by atoms with Crippen molar-refractivity contribution in [2.75, 3.05) is 23.7 Å². The van der Waals surface area contributed by atoms with Crippen molar-refractivity contribution in [3.8, 4) is 0 Å². The van der Waals surface area contributed by atoms with Gasteiger partial charge >= 0.3 is 5.69 Å². The summed E-state index contributed by atoms with van der Waals surface area (Å²) in [7, 11) is 0. The molecular weight excluding hydrogens is 274 g/mol. The molecule has 1 heterocycles. The second-order valence-electron chi connectivity index (χ2n) is 5.21. The van der Waals surface area contributed by atoms with Crippen molar-refractivity contribution in [2.45, 2.75) is 40.2 Å². The molecule has 1 unspecified atom stereocenters. The number of anilines is 2. The minimum atomic E-state index is -0.605. The van der Waals surface area contributed by atoms with E-state index in [1.807, 2.05) is 20.8 Å². The van der Waals surface area contributed by atoms with Crippen molar-refractivity contribution in [1.82, 2.24) is 9.97 Å². The molecule has 1 aromatic rings. The van der Waals surface area contributed by atoms with E-state index in [2.05, 4.69) is 20.6 Å². The lowest BCUT2D eigenvalue weighted by atomic mass is 10.1. The molecule has 0 radical (unpaired) electrons. The van der Waals surface area contributed by atoms with Crippen LogP contribution in [-0.4, -0.2) is 39.2 Å². The van der Waals surface area contributed by atoms with E-state index < -0.39 is 11.0 Å². The maximum Gasteiger partial charge on any atom is 0.332 e. The fourth-order valence-electron chi connectivity index (χ4n) is 1.66. The molecule has 0 aliphatic heterocycles. The zero-order valence-corrected chi connectivity index (χ0v) is 12.9. The molecule has 21 heavy (non-hydrogen) atoms. The molecule has 8 heteroatoms. The van der Waals surface area contributed by atoms with Crippen LogP contribution in [0.5, 0.6) is 0 Å². The Balaban J connectivity index is 3.01. The fourth-order valence-corrected chi connectivity index (χ4v) is 1.66. The van der Waals surface area contributed by atoms with Gasteiger partial charge in [-0.3, -0.25) is 10.1 Å². The molecule has 8 nitrogen and oxygen atoms in total. The van der Waals surface area contributed by atoms with Crippen LogP contribution in [0, 0.1) is 23.0 Å². The fraction of sp³-hybridized carbons (Fsp3) is 0.692. The van der Waals surface area contributed by atoms with E-state index in [4.69, 9.17) is 0 Å². The predicted octanol–water partition coefficient (Wildman–Crippen LogP) is 1.94. The van der Waals surface area contributed by atoms with E-state index >= 15 is 0 Å². The van der Waals surface area contributed by atoms with Crippen LogP contribution in [0.4, 0.5) is 17.5 Å². The molecule has 1 aromatic heterocycles. The van der Waals surface area contributed by atoms with Gasteiger partial charge in [-0.25, -0.2) is 4.98 Å². The van der Waals surface area contributed by atoms with Gasteiger partial charge in [0.1, 0.15) is 5.69 Å². The lowest BCUT2D eigenvalue weighted by molar-refractivity contribution is -0.385. The maximum absolute atomic E-state index is 11.1. The molecule has 1 atom stereocenters. The Hall–Kier alpha value is -1.96. The number of nitrogens with one attached hydrogen (secondary N) is 2. The minimum absolute atomic E-state index is 0.0529. The summed E-state index contributed by atoms with van der Waals surface area (Å²) in [4.78, 5) is 18.9. The highest BCUT2D eigenvalue weighted by Gasteiger charge is 2.22. The SMILES string of the molecule is CCCNc1nc(C)c([N+](=O)[O-])c(NCC(O)C(C)C)n1. The Morgan fingerprint density at radius 2 is 2.00 bits per heavy atom. The third-order valence-corrected chi connectivity index (χ3v) is 3.02. The largest absolute Gasteiger partial charge is 0.391 e. The van der Waals surface area contributed by atoms with E-state index in [1.54, 1.807) is 6.92 Å². The van der Waals surface area contributed by atoms with Gasteiger partial charge in [-0.2, -0.15) is 4.98 Å². The normalized spacial score (nSPS) is 12.3. The summed E-state index contributed by atoms with van der Waals surface area (Å²) >= 11 is 0. The van der Waals surface area contributed by atoms with E-state index in [0.717, 1.165) is 6.42 Å². The first-order chi connectivity index (χ1) is 9.86. The molecule has 1 rings (SSSR count). The highest BCUT2D eigenvalue weighted by molar-refractivity contribution is 5.60. The van der Waals surface area contributed by atoms with E-state index in [1.165, 1.54) is 0 Å². The first kappa shape index (κ1) is 17.1. The average Bonchev–Trinajstić information content (AvgIpc) is 2.41. The van der Waals surface area contributed by atoms with Crippen LogP contribution in [0.3, 0.4) is 0 Å². The molecule has 3 N–H and O–H groups in total. The third-order valence-electron chi connectivity index (χ3n) is 3.02. The first-order valence-electron chi connectivity index (χ1n) is 7.05. The summed E-state index contributed by atoms with van der Waals surface area (Å²) in [5.74, 6) is 0.532. The second-order valence-corrected chi connectivity index (χ2v) is 5.21. The van der Waals surface area contributed by atoms with Gasteiger partial charge in [-0.15, -0.1) is 0 Å². The van der Waals surface area contributed by atoms with Crippen LogP contribution in [-0.2, 0) is 0 Å². The van der Waals surface area contributed by atoms with Crippen molar-refractivity contribution in [3.05, 3.63) is 15.8 Å². The molecule has 0 aliphatic rings. The number of aromatic nitrogens is 2. The summed E-state index contributed by atoms with van der Waals surface area (Å²) in [6.07, 6.45) is 0.292. The Morgan fingerprint density at radius 3 is 2.52 bits per heavy atom. The van der Waals surface area contributed by atoms with Crippen LogP contribution in [0.25, 0.3) is 0 Å². The number of nitro groups is 1. The Kier molecular flexibility index (Phi) is 6.29. The predicted molar refractivity (Wildman–Crippen MR) is 81.5 cm³/mol. The van der Waals surface area contributed by atoms with Gasteiger partial charge < -0.3 is 15.7 Å². The number of aliphatic hydroxyl groups is 1. The van der Waals surface area contributed by atoms with Crippen molar-refractivity contribution < 1.29 is 10.0 Å². The molecule has 0 aromatic carbocycles. The summed E-state index contributed by atoms with van der Waals surface area (Å²) in [5.41, 5.74) is 0.128. The van der Waals surface area contributed by atoms with Crippen LogP contribution >= 0.6 is 0 Å². The van der Waals surface area contributed by atoms with Gasteiger partial charge in [-0.05, 0) is 19.3 Å². The van der Waals surface area contributed by atoms with Crippen molar-refractivity contribution >= 4 is 17.5 Å². The summed E-state index contributed by atoms with van der Waals surface area (Å²) in [5, 5.41) is 26.8. The number of nitrogens with zero attached hydrogens (tertiary/aromatic N) is 3. The molecule has 0 amide bonds. The minimum Gasteiger partial charge on any atom is -0.391 e. The van der Waals surface area contributed by atoms with Crippen LogP contribution in [0.2, 0.25) is 0 Å². The Bertz CT molecular complexity index is 493. The summed E-state index contributed by atoms with van der Waals surface area (Å²) < 4.78 is 0. The van der Waals surface area contributed by atoms with E-state index in [-0.39, 0.29) is 29.7 Å². The monoisotopic (exact) mass is 297 g/mol. The number of hydrogen-bond donors (Lipinski definition) is 3. The number of hydrogen-bond acceptors (Lipinski definition) is 7. The molecule has 0 saturated carbocycles. The van der Waals surface area contributed by atoms with Crippen LogP contribution < -0.4 is 10.6 Å². The van der Waals surface area contributed by atoms with Gasteiger partial charge in [0.25, 0.3) is 0 Å². The zero-order chi connectivity index (χ0) is 16.0. The van der Waals surface area contributed by atoms with E-state index in [0.29, 0.717) is 12.5 Å². The smallest absolute Gasteiger partial charge is 0.332 e. The molecule has 118 valence electrons. The quantitative estimate of drug-likeness (QED) is 0.496. The molecule has 0 bridgehead atoms.